The predicted octanol–water partition coefficient (Wildman–Crippen LogP) is 7.71. The van der Waals surface area contributed by atoms with Gasteiger partial charge < -0.3 is 9.84 Å². The number of hydrogen-bond acceptors (Lipinski definition) is 3. The third kappa shape index (κ3) is 3.28. The molecule has 0 aromatic rings. The van der Waals surface area contributed by atoms with E-state index in [0.29, 0.717) is 24.4 Å². The fraction of sp³-hybridized carbons (Fsp3) is 0.906. The SMILES string of the molecule is CCOC(=O)[C@]12CCC(C)(C)CC1C1=CCC3[C@@]4(C)CCC(O)C(C)(C)C4CC[C@@]3(C)[C@]1(C)CC2. The van der Waals surface area contributed by atoms with E-state index in [4.69, 9.17) is 4.74 Å². The quantitative estimate of drug-likeness (QED) is 0.322. The highest BCUT2D eigenvalue weighted by molar-refractivity contribution is 5.78. The normalized spacial score (nSPS) is 50.0. The number of esters is 1. The zero-order valence-corrected chi connectivity index (χ0v) is 23.9. The summed E-state index contributed by atoms with van der Waals surface area (Å²) in [5.74, 6) is 1.61. The third-order valence-corrected chi connectivity index (χ3v) is 13.3. The maximum atomic E-state index is 13.6. The van der Waals surface area contributed by atoms with Crippen LogP contribution in [0.5, 0.6) is 0 Å². The van der Waals surface area contributed by atoms with Crippen molar-refractivity contribution < 1.29 is 14.6 Å². The smallest absolute Gasteiger partial charge is 0.312 e. The Morgan fingerprint density at radius 3 is 2.31 bits per heavy atom. The number of carbonyl (C=O) groups is 1. The van der Waals surface area contributed by atoms with E-state index in [1.807, 2.05) is 6.92 Å². The number of hydrogen-bond donors (Lipinski definition) is 1. The summed E-state index contributed by atoms with van der Waals surface area (Å²) in [4.78, 5) is 13.6. The molecule has 0 aromatic carbocycles. The summed E-state index contributed by atoms with van der Waals surface area (Å²) < 4.78 is 5.78. The molecule has 0 bridgehead atoms. The van der Waals surface area contributed by atoms with Crippen molar-refractivity contribution in [2.75, 3.05) is 6.61 Å². The molecule has 0 saturated heterocycles. The van der Waals surface area contributed by atoms with Crippen LogP contribution < -0.4 is 0 Å². The lowest BCUT2D eigenvalue weighted by Gasteiger charge is -2.71. The molecule has 0 amide bonds. The van der Waals surface area contributed by atoms with Crippen LogP contribution in [0, 0.1) is 50.2 Å². The first-order chi connectivity index (χ1) is 16.2. The Hall–Kier alpha value is -0.830. The van der Waals surface area contributed by atoms with Crippen molar-refractivity contribution in [3.63, 3.8) is 0 Å². The van der Waals surface area contributed by atoms with Crippen molar-refractivity contribution in [1.82, 2.24) is 0 Å². The van der Waals surface area contributed by atoms with Crippen LogP contribution in [0.15, 0.2) is 11.6 Å². The van der Waals surface area contributed by atoms with Gasteiger partial charge in [0.15, 0.2) is 0 Å². The Morgan fingerprint density at radius 2 is 1.63 bits per heavy atom. The average Bonchev–Trinajstić information content (AvgIpc) is 2.77. The first-order valence-electron chi connectivity index (χ1n) is 14.7. The fourth-order valence-electron chi connectivity index (χ4n) is 10.9. The lowest BCUT2D eigenvalue weighted by molar-refractivity contribution is -0.206. The van der Waals surface area contributed by atoms with Crippen LogP contribution in [-0.4, -0.2) is 23.8 Å². The molecule has 4 fully saturated rings. The molecule has 1 N–H and O–H groups in total. The van der Waals surface area contributed by atoms with Crippen LogP contribution in [0.25, 0.3) is 0 Å². The van der Waals surface area contributed by atoms with Crippen molar-refractivity contribution in [3.8, 4) is 0 Å². The molecule has 0 aliphatic heterocycles. The monoisotopic (exact) mass is 484 g/mol. The predicted molar refractivity (Wildman–Crippen MR) is 142 cm³/mol. The van der Waals surface area contributed by atoms with Gasteiger partial charge in [-0.05, 0) is 116 Å². The maximum Gasteiger partial charge on any atom is 0.312 e. The zero-order chi connectivity index (χ0) is 25.7. The number of allylic oxidation sites excluding steroid dienone is 2. The highest BCUT2D eigenvalue weighted by atomic mass is 16.5. The van der Waals surface area contributed by atoms with Crippen molar-refractivity contribution >= 4 is 5.97 Å². The fourth-order valence-corrected chi connectivity index (χ4v) is 10.9. The molecule has 198 valence electrons. The van der Waals surface area contributed by atoms with E-state index in [1.54, 1.807) is 5.57 Å². The van der Waals surface area contributed by atoms with Crippen molar-refractivity contribution in [3.05, 3.63) is 11.6 Å². The summed E-state index contributed by atoms with van der Waals surface area (Å²) in [7, 11) is 0. The molecule has 0 aromatic heterocycles. The van der Waals surface area contributed by atoms with Gasteiger partial charge in [0.25, 0.3) is 0 Å². The van der Waals surface area contributed by atoms with Gasteiger partial charge in [0.05, 0.1) is 18.1 Å². The van der Waals surface area contributed by atoms with E-state index in [0.717, 1.165) is 51.4 Å². The topological polar surface area (TPSA) is 46.5 Å². The molecular weight excluding hydrogens is 432 g/mol. The van der Waals surface area contributed by atoms with E-state index >= 15 is 0 Å². The van der Waals surface area contributed by atoms with Gasteiger partial charge in [0, 0.05) is 0 Å². The van der Waals surface area contributed by atoms with Gasteiger partial charge >= 0.3 is 5.97 Å². The summed E-state index contributed by atoms with van der Waals surface area (Å²) in [6.45, 7) is 19.7. The Kier molecular flexibility index (Phi) is 5.78. The molecule has 4 saturated carbocycles. The molecule has 5 rings (SSSR count). The largest absolute Gasteiger partial charge is 0.466 e. The minimum atomic E-state index is -0.321. The van der Waals surface area contributed by atoms with E-state index in [1.165, 1.54) is 12.8 Å². The lowest BCUT2D eigenvalue weighted by Crippen LogP contribution is -2.65. The summed E-state index contributed by atoms with van der Waals surface area (Å²) in [5.41, 5.74) is 2.19. The van der Waals surface area contributed by atoms with Gasteiger partial charge in [-0.3, -0.25) is 4.79 Å². The van der Waals surface area contributed by atoms with Crippen LogP contribution in [0.4, 0.5) is 0 Å². The molecule has 4 unspecified atom stereocenters. The van der Waals surface area contributed by atoms with Gasteiger partial charge in [-0.2, -0.15) is 0 Å². The number of aliphatic hydroxyl groups excluding tert-OH is 1. The van der Waals surface area contributed by atoms with Crippen LogP contribution in [0.2, 0.25) is 0 Å². The molecule has 0 radical (unpaired) electrons. The highest BCUT2D eigenvalue weighted by Gasteiger charge is 2.69. The second kappa shape index (κ2) is 7.84. The van der Waals surface area contributed by atoms with Crippen LogP contribution in [-0.2, 0) is 9.53 Å². The van der Waals surface area contributed by atoms with E-state index < -0.39 is 0 Å². The first kappa shape index (κ1) is 25.8. The summed E-state index contributed by atoms with van der Waals surface area (Å²) in [5, 5.41) is 10.9. The minimum absolute atomic E-state index is 0.0156. The van der Waals surface area contributed by atoms with Gasteiger partial charge in [-0.25, -0.2) is 0 Å². The van der Waals surface area contributed by atoms with E-state index in [-0.39, 0.29) is 44.6 Å². The number of ether oxygens (including phenoxy) is 1. The summed E-state index contributed by atoms with van der Waals surface area (Å²) in [6, 6.07) is 0. The van der Waals surface area contributed by atoms with Gasteiger partial charge in [0.1, 0.15) is 0 Å². The standard InChI is InChI=1S/C32H52O3/c1-9-35-26(34)32-18-16-27(2,3)20-22(32)21-10-11-24-29(6)14-13-25(33)28(4,5)23(29)12-15-31(24,8)30(21,7)17-19-32/h10,22-25,33H,9,11-20H2,1-8H3/t22?,23?,24?,25?,29-,30+,31+,32-/m0/s1. The molecule has 5 aliphatic carbocycles. The molecule has 0 heterocycles. The van der Waals surface area contributed by atoms with Gasteiger partial charge in [-0.1, -0.05) is 60.1 Å². The Bertz CT molecular complexity index is 916. The van der Waals surface area contributed by atoms with Crippen molar-refractivity contribution in [2.24, 2.45) is 50.2 Å². The van der Waals surface area contributed by atoms with Crippen LogP contribution >= 0.6 is 0 Å². The Labute approximate surface area is 214 Å². The number of fused-ring (bicyclic) bond motifs is 7. The average molecular weight is 485 g/mol. The minimum Gasteiger partial charge on any atom is -0.466 e. The molecule has 0 spiro atoms. The molecule has 3 nitrogen and oxygen atoms in total. The maximum absolute atomic E-state index is 13.6. The van der Waals surface area contributed by atoms with Crippen molar-refractivity contribution in [2.45, 2.75) is 126 Å². The molecular formula is C32H52O3. The van der Waals surface area contributed by atoms with E-state index in [2.05, 4.69) is 54.5 Å². The number of carbonyl (C=O) groups excluding carboxylic acids is 1. The van der Waals surface area contributed by atoms with Gasteiger partial charge in [0.2, 0.25) is 0 Å². The lowest BCUT2D eigenvalue weighted by atomic mass is 9.33. The Morgan fingerprint density at radius 1 is 0.943 bits per heavy atom. The second-order valence-electron chi connectivity index (χ2n) is 15.5. The zero-order valence-electron chi connectivity index (χ0n) is 23.9. The molecule has 8 atom stereocenters. The van der Waals surface area contributed by atoms with Crippen LogP contribution in [0.3, 0.4) is 0 Å². The molecule has 5 aliphatic rings. The second-order valence-corrected chi connectivity index (χ2v) is 15.5. The van der Waals surface area contributed by atoms with E-state index in [9.17, 15) is 9.90 Å². The molecule has 35 heavy (non-hydrogen) atoms. The summed E-state index contributed by atoms with van der Waals surface area (Å²) in [6.07, 6.45) is 13.4. The van der Waals surface area contributed by atoms with Gasteiger partial charge in [-0.15, -0.1) is 0 Å². The first-order valence-corrected chi connectivity index (χ1v) is 14.7. The summed E-state index contributed by atoms with van der Waals surface area (Å²) >= 11 is 0. The highest BCUT2D eigenvalue weighted by Crippen LogP contribution is 2.75. The molecule has 3 heteroatoms. The number of aliphatic hydroxyl groups is 1. The Balaban J connectivity index is 1.59. The van der Waals surface area contributed by atoms with Crippen molar-refractivity contribution in [1.29, 1.82) is 0 Å². The number of rotatable bonds is 2. The third-order valence-electron chi connectivity index (χ3n) is 13.3. The van der Waals surface area contributed by atoms with Crippen LogP contribution in [0.1, 0.15) is 120 Å².